The standard InChI is InChI=1S/C17H23N3O2S/c1-4-20(14-8-6-5-7-12(14)2)10-9-18-16(22)15-11-19-17(23-15)13(3)21/h5-8,11,13,21H,4,9-10H2,1-3H3,(H,18,22). The summed E-state index contributed by atoms with van der Waals surface area (Å²) in [7, 11) is 0. The summed E-state index contributed by atoms with van der Waals surface area (Å²) in [5, 5.41) is 12.9. The molecule has 0 aliphatic carbocycles. The first-order valence-corrected chi connectivity index (χ1v) is 8.57. The van der Waals surface area contributed by atoms with Crippen molar-refractivity contribution < 1.29 is 9.90 Å². The molecule has 1 aromatic heterocycles. The van der Waals surface area contributed by atoms with Gasteiger partial charge in [0.25, 0.3) is 5.91 Å². The maximum Gasteiger partial charge on any atom is 0.263 e. The smallest absolute Gasteiger partial charge is 0.263 e. The highest BCUT2D eigenvalue weighted by molar-refractivity contribution is 7.13. The molecule has 1 atom stereocenters. The molecule has 1 heterocycles. The molecule has 6 heteroatoms. The fourth-order valence-electron chi connectivity index (χ4n) is 2.34. The molecule has 0 aliphatic rings. The van der Waals surface area contributed by atoms with Crippen molar-refractivity contribution in [1.29, 1.82) is 0 Å². The molecule has 2 rings (SSSR count). The van der Waals surface area contributed by atoms with E-state index in [4.69, 9.17) is 0 Å². The van der Waals surface area contributed by atoms with E-state index >= 15 is 0 Å². The minimum absolute atomic E-state index is 0.143. The van der Waals surface area contributed by atoms with Crippen molar-refractivity contribution in [1.82, 2.24) is 10.3 Å². The van der Waals surface area contributed by atoms with Gasteiger partial charge in [-0.1, -0.05) is 18.2 Å². The Hall–Kier alpha value is -1.92. The van der Waals surface area contributed by atoms with E-state index in [0.29, 0.717) is 16.4 Å². The molecule has 1 unspecified atom stereocenters. The summed E-state index contributed by atoms with van der Waals surface area (Å²) in [6, 6.07) is 8.24. The van der Waals surface area contributed by atoms with Gasteiger partial charge in [-0.3, -0.25) is 4.79 Å². The van der Waals surface area contributed by atoms with E-state index in [9.17, 15) is 9.90 Å². The van der Waals surface area contributed by atoms with E-state index < -0.39 is 6.10 Å². The van der Waals surface area contributed by atoms with Crippen LogP contribution in [0.4, 0.5) is 5.69 Å². The third-order valence-electron chi connectivity index (χ3n) is 3.61. The van der Waals surface area contributed by atoms with E-state index in [2.05, 4.69) is 41.2 Å². The van der Waals surface area contributed by atoms with Crippen LogP contribution in [-0.2, 0) is 0 Å². The number of aryl methyl sites for hydroxylation is 1. The minimum Gasteiger partial charge on any atom is -0.386 e. The quantitative estimate of drug-likeness (QED) is 0.818. The van der Waals surface area contributed by atoms with Gasteiger partial charge in [0, 0.05) is 25.3 Å². The van der Waals surface area contributed by atoms with E-state index in [-0.39, 0.29) is 5.91 Å². The van der Waals surface area contributed by atoms with Crippen LogP contribution < -0.4 is 10.2 Å². The normalized spacial score (nSPS) is 12.0. The van der Waals surface area contributed by atoms with Gasteiger partial charge in [0.05, 0.1) is 6.20 Å². The van der Waals surface area contributed by atoms with Crippen molar-refractivity contribution in [3.63, 3.8) is 0 Å². The third kappa shape index (κ3) is 4.53. The molecule has 0 radical (unpaired) electrons. The number of para-hydroxylation sites is 1. The number of nitrogens with zero attached hydrogens (tertiary/aromatic N) is 2. The van der Waals surface area contributed by atoms with E-state index in [1.54, 1.807) is 6.92 Å². The predicted octanol–water partition coefficient (Wildman–Crippen LogP) is 2.76. The second-order valence-corrected chi connectivity index (χ2v) is 6.42. The SMILES string of the molecule is CCN(CCNC(=O)c1cnc(C(C)O)s1)c1ccccc1C. The van der Waals surface area contributed by atoms with Crippen LogP contribution in [0.3, 0.4) is 0 Å². The molecular weight excluding hydrogens is 310 g/mol. The number of benzene rings is 1. The molecule has 5 nitrogen and oxygen atoms in total. The zero-order valence-corrected chi connectivity index (χ0v) is 14.6. The molecule has 0 bridgehead atoms. The van der Waals surface area contributed by atoms with E-state index in [1.807, 2.05) is 12.1 Å². The number of carbonyl (C=O) groups excluding carboxylic acids is 1. The average molecular weight is 333 g/mol. The molecule has 23 heavy (non-hydrogen) atoms. The number of hydrogen-bond acceptors (Lipinski definition) is 5. The monoisotopic (exact) mass is 333 g/mol. The van der Waals surface area contributed by atoms with Crippen molar-refractivity contribution in [2.24, 2.45) is 0 Å². The Morgan fingerprint density at radius 2 is 2.17 bits per heavy atom. The van der Waals surface area contributed by atoms with E-state index in [1.165, 1.54) is 28.8 Å². The molecule has 2 N–H and O–H groups in total. The summed E-state index contributed by atoms with van der Waals surface area (Å²) in [5.41, 5.74) is 2.42. The fraction of sp³-hybridized carbons (Fsp3) is 0.412. The highest BCUT2D eigenvalue weighted by Crippen LogP contribution is 2.20. The number of aromatic nitrogens is 1. The van der Waals surface area contributed by atoms with E-state index in [0.717, 1.165) is 13.1 Å². The number of carbonyl (C=O) groups is 1. The van der Waals surface area contributed by atoms with Crippen LogP contribution in [-0.4, -0.2) is 35.6 Å². The zero-order chi connectivity index (χ0) is 16.8. The maximum atomic E-state index is 12.1. The number of nitrogens with one attached hydrogen (secondary N) is 1. The van der Waals surface area contributed by atoms with Gasteiger partial charge in [-0.25, -0.2) is 4.98 Å². The number of amides is 1. The van der Waals surface area contributed by atoms with Crippen LogP contribution in [0.1, 0.15) is 40.2 Å². The molecule has 0 aliphatic heterocycles. The average Bonchev–Trinajstić information content (AvgIpc) is 3.03. The van der Waals surface area contributed by atoms with Gasteiger partial charge in [0.1, 0.15) is 16.0 Å². The number of hydrogen-bond donors (Lipinski definition) is 2. The lowest BCUT2D eigenvalue weighted by Crippen LogP contribution is -2.35. The van der Waals surface area contributed by atoms with Crippen LogP contribution in [0, 0.1) is 6.92 Å². The first-order valence-electron chi connectivity index (χ1n) is 7.75. The molecule has 1 amide bonds. The van der Waals surface area contributed by atoms with Crippen molar-refractivity contribution in [2.75, 3.05) is 24.5 Å². The number of aliphatic hydroxyl groups is 1. The first-order chi connectivity index (χ1) is 11.0. The third-order valence-corrected chi connectivity index (χ3v) is 4.78. The molecule has 0 saturated heterocycles. The highest BCUT2D eigenvalue weighted by Gasteiger charge is 2.13. The van der Waals surface area contributed by atoms with Gasteiger partial charge in [-0.15, -0.1) is 11.3 Å². The van der Waals surface area contributed by atoms with Gasteiger partial charge in [-0.05, 0) is 32.4 Å². The Kier molecular flexibility index (Phi) is 6.12. The predicted molar refractivity (Wildman–Crippen MR) is 94.1 cm³/mol. The number of likely N-dealkylation sites (N-methyl/N-ethyl adjacent to an activating group) is 1. The Labute approximate surface area is 141 Å². The summed E-state index contributed by atoms with van der Waals surface area (Å²) < 4.78 is 0. The second-order valence-electron chi connectivity index (χ2n) is 5.36. The summed E-state index contributed by atoms with van der Waals surface area (Å²) >= 11 is 1.23. The van der Waals surface area contributed by atoms with Crippen LogP contribution >= 0.6 is 11.3 Å². The van der Waals surface area contributed by atoms with Crippen molar-refractivity contribution in [3.05, 3.63) is 45.9 Å². The van der Waals surface area contributed by atoms with Crippen molar-refractivity contribution >= 4 is 22.9 Å². The zero-order valence-electron chi connectivity index (χ0n) is 13.7. The van der Waals surface area contributed by atoms with Crippen molar-refractivity contribution in [3.8, 4) is 0 Å². The first kappa shape index (κ1) is 17.4. The lowest BCUT2D eigenvalue weighted by molar-refractivity contribution is 0.0958. The number of thiazole rings is 1. The lowest BCUT2D eigenvalue weighted by Gasteiger charge is -2.25. The van der Waals surface area contributed by atoms with Gasteiger partial charge in [-0.2, -0.15) is 0 Å². The van der Waals surface area contributed by atoms with Crippen LogP contribution in [0.2, 0.25) is 0 Å². The molecule has 2 aromatic rings. The lowest BCUT2D eigenvalue weighted by atomic mass is 10.2. The van der Waals surface area contributed by atoms with Crippen LogP contribution in [0.15, 0.2) is 30.5 Å². The minimum atomic E-state index is -0.641. The molecular formula is C17H23N3O2S. The Balaban J connectivity index is 1.90. The molecule has 0 saturated carbocycles. The topological polar surface area (TPSA) is 65.5 Å². The van der Waals surface area contributed by atoms with Crippen LogP contribution in [0.25, 0.3) is 0 Å². The summed E-state index contributed by atoms with van der Waals surface area (Å²) in [6.45, 7) is 8.02. The number of rotatable bonds is 7. The summed E-state index contributed by atoms with van der Waals surface area (Å²) in [4.78, 5) is 18.9. The Morgan fingerprint density at radius 3 is 2.78 bits per heavy atom. The molecule has 124 valence electrons. The highest BCUT2D eigenvalue weighted by atomic mass is 32.1. The molecule has 0 fully saturated rings. The number of aliphatic hydroxyl groups excluding tert-OH is 1. The largest absolute Gasteiger partial charge is 0.386 e. The molecule has 1 aromatic carbocycles. The van der Waals surface area contributed by atoms with Crippen LogP contribution in [0.5, 0.6) is 0 Å². The summed E-state index contributed by atoms with van der Waals surface area (Å²) in [6.07, 6.45) is 0.874. The number of anilines is 1. The van der Waals surface area contributed by atoms with Gasteiger partial charge in [0.2, 0.25) is 0 Å². The maximum absolute atomic E-state index is 12.1. The van der Waals surface area contributed by atoms with Gasteiger partial charge in [0.15, 0.2) is 0 Å². The van der Waals surface area contributed by atoms with Gasteiger partial charge < -0.3 is 15.3 Å². The molecule has 0 spiro atoms. The second kappa shape index (κ2) is 8.08. The van der Waals surface area contributed by atoms with Gasteiger partial charge >= 0.3 is 0 Å². The Bertz CT molecular complexity index is 655. The summed E-state index contributed by atoms with van der Waals surface area (Å²) in [5.74, 6) is -0.143. The Morgan fingerprint density at radius 1 is 1.43 bits per heavy atom. The fourth-order valence-corrected chi connectivity index (χ4v) is 3.12. The van der Waals surface area contributed by atoms with Crippen molar-refractivity contribution in [2.45, 2.75) is 26.9 Å².